The molecular weight excluding hydrogens is 318 g/mol. The second-order valence-electron chi connectivity index (χ2n) is 5.48. The van der Waals surface area contributed by atoms with Crippen LogP contribution in [0.5, 0.6) is 0 Å². The average molecular weight is 335 g/mol. The van der Waals surface area contributed by atoms with Crippen LogP contribution in [0.2, 0.25) is 0 Å². The number of amides is 1. The quantitative estimate of drug-likeness (QED) is 0.699. The molecule has 120 valence electrons. The Bertz CT molecular complexity index is 824. The average Bonchev–Trinajstić information content (AvgIpc) is 3.17. The smallest absolute Gasteiger partial charge is 0.251 e. The van der Waals surface area contributed by atoms with E-state index in [-0.39, 0.29) is 17.7 Å². The molecule has 0 aliphatic rings. The minimum Gasteiger partial charge on any atom is -0.345 e. The summed E-state index contributed by atoms with van der Waals surface area (Å²) >= 11 is 1.61. The molecule has 3 aromatic rings. The van der Waals surface area contributed by atoms with Gasteiger partial charge in [-0.25, -0.2) is 0 Å². The van der Waals surface area contributed by atoms with Crippen molar-refractivity contribution >= 4 is 23.0 Å². The van der Waals surface area contributed by atoms with Crippen LogP contribution in [0.15, 0.2) is 72.1 Å². The SMILES string of the molecule is C[C@@H](NC(=O)c1ccc(C(=O)c2ccccc2)cc1)c1cccs1. The molecule has 4 heteroatoms. The van der Waals surface area contributed by atoms with E-state index in [1.165, 1.54) is 0 Å². The summed E-state index contributed by atoms with van der Waals surface area (Å²) < 4.78 is 0. The minimum absolute atomic E-state index is 0.0388. The number of benzene rings is 2. The number of thiophene rings is 1. The molecule has 0 unspecified atom stereocenters. The Hall–Kier alpha value is -2.72. The third-order valence-electron chi connectivity index (χ3n) is 3.76. The molecule has 0 aliphatic heterocycles. The molecule has 0 bridgehead atoms. The van der Waals surface area contributed by atoms with Gasteiger partial charge in [0.05, 0.1) is 6.04 Å². The van der Waals surface area contributed by atoms with E-state index in [2.05, 4.69) is 5.32 Å². The van der Waals surface area contributed by atoms with Crippen LogP contribution < -0.4 is 5.32 Å². The Morgan fingerprint density at radius 1 is 0.833 bits per heavy atom. The third-order valence-corrected chi connectivity index (χ3v) is 4.82. The van der Waals surface area contributed by atoms with Crippen molar-refractivity contribution in [2.45, 2.75) is 13.0 Å². The summed E-state index contributed by atoms with van der Waals surface area (Å²) in [6.45, 7) is 1.96. The molecule has 0 spiro atoms. The normalized spacial score (nSPS) is 11.7. The summed E-state index contributed by atoms with van der Waals surface area (Å²) in [5.41, 5.74) is 1.76. The van der Waals surface area contributed by atoms with E-state index in [1.54, 1.807) is 47.7 Å². The molecule has 1 N–H and O–H groups in total. The Kier molecular flexibility index (Phi) is 4.87. The first-order chi connectivity index (χ1) is 11.6. The lowest BCUT2D eigenvalue weighted by molar-refractivity contribution is 0.0939. The molecule has 0 radical (unpaired) electrons. The maximum absolute atomic E-state index is 12.4. The fourth-order valence-electron chi connectivity index (χ4n) is 2.42. The first-order valence-corrected chi connectivity index (χ1v) is 8.57. The summed E-state index contributed by atoms with van der Waals surface area (Å²) in [5.74, 6) is -0.191. The Morgan fingerprint density at radius 3 is 2.08 bits per heavy atom. The van der Waals surface area contributed by atoms with Gasteiger partial charge in [-0.3, -0.25) is 9.59 Å². The Morgan fingerprint density at radius 2 is 1.46 bits per heavy atom. The zero-order valence-corrected chi connectivity index (χ0v) is 14.0. The van der Waals surface area contributed by atoms with Crippen LogP contribution in [0.3, 0.4) is 0 Å². The molecule has 24 heavy (non-hydrogen) atoms. The highest BCUT2D eigenvalue weighted by molar-refractivity contribution is 7.10. The van der Waals surface area contributed by atoms with Gasteiger partial charge in [-0.15, -0.1) is 11.3 Å². The lowest BCUT2D eigenvalue weighted by Crippen LogP contribution is -2.26. The highest BCUT2D eigenvalue weighted by atomic mass is 32.1. The van der Waals surface area contributed by atoms with Crippen molar-refractivity contribution in [3.05, 3.63) is 93.7 Å². The number of hydrogen-bond acceptors (Lipinski definition) is 3. The molecule has 3 rings (SSSR count). The van der Waals surface area contributed by atoms with Gasteiger partial charge in [-0.1, -0.05) is 48.5 Å². The van der Waals surface area contributed by atoms with E-state index in [0.29, 0.717) is 16.7 Å². The van der Waals surface area contributed by atoms with Crippen molar-refractivity contribution in [2.24, 2.45) is 0 Å². The van der Waals surface area contributed by atoms with Gasteiger partial charge in [-0.2, -0.15) is 0 Å². The summed E-state index contributed by atoms with van der Waals surface area (Å²) in [6.07, 6.45) is 0. The van der Waals surface area contributed by atoms with Gasteiger partial charge in [0.15, 0.2) is 5.78 Å². The van der Waals surface area contributed by atoms with Crippen LogP contribution in [0.1, 0.15) is 44.1 Å². The van der Waals surface area contributed by atoms with Gasteiger partial charge in [0.25, 0.3) is 5.91 Å². The van der Waals surface area contributed by atoms with Gasteiger partial charge in [0.2, 0.25) is 0 Å². The van der Waals surface area contributed by atoms with E-state index in [1.807, 2.05) is 42.6 Å². The molecule has 0 fully saturated rings. The van der Waals surface area contributed by atoms with Gasteiger partial charge in [0, 0.05) is 21.6 Å². The van der Waals surface area contributed by atoms with Crippen LogP contribution in [0, 0.1) is 0 Å². The van der Waals surface area contributed by atoms with Crippen molar-refractivity contribution in [3.63, 3.8) is 0 Å². The molecule has 1 aromatic heterocycles. The fourth-order valence-corrected chi connectivity index (χ4v) is 3.15. The number of ketones is 1. The predicted molar refractivity (Wildman–Crippen MR) is 96.5 cm³/mol. The van der Waals surface area contributed by atoms with E-state index in [4.69, 9.17) is 0 Å². The van der Waals surface area contributed by atoms with Crippen molar-refractivity contribution < 1.29 is 9.59 Å². The summed E-state index contributed by atoms with van der Waals surface area (Å²) in [4.78, 5) is 25.8. The molecule has 0 aliphatic carbocycles. The van der Waals surface area contributed by atoms with Gasteiger partial charge in [-0.05, 0) is 30.5 Å². The maximum atomic E-state index is 12.4. The van der Waals surface area contributed by atoms with Crippen molar-refractivity contribution in [2.75, 3.05) is 0 Å². The second kappa shape index (κ2) is 7.23. The van der Waals surface area contributed by atoms with E-state index in [9.17, 15) is 9.59 Å². The van der Waals surface area contributed by atoms with Gasteiger partial charge >= 0.3 is 0 Å². The summed E-state index contributed by atoms with van der Waals surface area (Å²) in [5, 5.41) is 4.95. The number of nitrogens with one attached hydrogen (secondary N) is 1. The van der Waals surface area contributed by atoms with Crippen LogP contribution >= 0.6 is 11.3 Å². The van der Waals surface area contributed by atoms with Gasteiger partial charge in [0.1, 0.15) is 0 Å². The molecule has 1 heterocycles. The molecule has 1 amide bonds. The van der Waals surface area contributed by atoms with Crippen LogP contribution in [0.25, 0.3) is 0 Å². The Balaban J connectivity index is 1.70. The number of hydrogen-bond donors (Lipinski definition) is 1. The van der Waals surface area contributed by atoms with E-state index in [0.717, 1.165) is 4.88 Å². The monoisotopic (exact) mass is 335 g/mol. The Labute approximate surface area is 145 Å². The first-order valence-electron chi connectivity index (χ1n) is 7.69. The van der Waals surface area contributed by atoms with Crippen molar-refractivity contribution in [1.82, 2.24) is 5.32 Å². The predicted octanol–water partition coefficient (Wildman–Crippen LogP) is 4.47. The van der Waals surface area contributed by atoms with Crippen LogP contribution in [0.4, 0.5) is 0 Å². The fraction of sp³-hybridized carbons (Fsp3) is 0.100. The zero-order chi connectivity index (χ0) is 16.9. The lowest BCUT2D eigenvalue weighted by atomic mass is 10.0. The molecule has 3 nitrogen and oxygen atoms in total. The number of rotatable bonds is 5. The minimum atomic E-state index is -0.144. The topological polar surface area (TPSA) is 46.2 Å². The second-order valence-corrected chi connectivity index (χ2v) is 6.46. The van der Waals surface area contributed by atoms with Crippen LogP contribution in [-0.4, -0.2) is 11.7 Å². The highest BCUT2D eigenvalue weighted by Gasteiger charge is 2.13. The van der Waals surface area contributed by atoms with Crippen molar-refractivity contribution in [1.29, 1.82) is 0 Å². The van der Waals surface area contributed by atoms with Gasteiger partial charge < -0.3 is 5.32 Å². The molecular formula is C20H17NO2S. The standard InChI is InChI=1S/C20H17NO2S/c1-14(18-8-5-13-24-18)21-20(23)17-11-9-16(10-12-17)19(22)15-6-3-2-4-7-15/h2-14H,1H3,(H,21,23)/t14-/m1/s1. The lowest BCUT2D eigenvalue weighted by Gasteiger charge is -2.12. The zero-order valence-electron chi connectivity index (χ0n) is 13.2. The van der Waals surface area contributed by atoms with Crippen molar-refractivity contribution in [3.8, 4) is 0 Å². The summed E-state index contributed by atoms with van der Waals surface area (Å²) in [7, 11) is 0. The maximum Gasteiger partial charge on any atom is 0.251 e. The molecule has 0 saturated carbocycles. The largest absolute Gasteiger partial charge is 0.345 e. The van der Waals surface area contributed by atoms with Crippen LogP contribution in [-0.2, 0) is 0 Å². The third kappa shape index (κ3) is 3.60. The van der Waals surface area contributed by atoms with E-state index >= 15 is 0 Å². The summed E-state index contributed by atoms with van der Waals surface area (Å²) in [6, 6.07) is 19.8. The number of carbonyl (C=O) groups excluding carboxylic acids is 2. The first kappa shape index (κ1) is 16.1. The number of carbonyl (C=O) groups is 2. The highest BCUT2D eigenvalue weighted by Crippen LogP contribution is 2.19. The molecule has 2 aromatic carbocycles. The molecule has 0 saturated heterocycles. The van der Waals surface area contributed by atoms with E-state index < -0.39 is 0 Å². The molecule has 1 atom stereocenters.